The molecule has 0 fully saturated rings. The number of nitrogens with one attached hydrogen (secondary N) is 1. The normalized spacial score (nSPS) is 11.9. The summed E-state index contributed by atoms with van der Waals surface area (Å²) in [6.45, 7) is 3.14. The van der Waals surface area contributed by atoms with Crippen molar-refractivity contribution < 1.29 is 8.78 Å². The minimum atomic E-state index is -2.97. The van der Waals surface area contributed by atoms with E-state index in [1.165, 1.54) is 6.07 Å². The molecule has 0 radical (unpaired) electrons. The molecule has 3 heteroatoms. The largest absolute Gasteiger partial charge is 0.361 e. The minimum absolute atomic E-state index is 0.00810. The number of H-pyrrole nitrogens is 1. The molecule has 0 amide bonds. The number of aromatic nitrogens is 1. The first kappa shape index (κ1) is 8.94. The molecule has 1 nitrogen and oxygen atoms in total. The van der Waals surface area contributed by atoms with Crippen molar-refractivity contribution in [3.05, 3.63) is 48.7 Å². The van der Waals surface area contributed by atoms with Gasteiger partial charge in [0.2, 0.25) is 0 Å². The van der Waals surface area contributed by atoms with Crippen LogP contribution in [0.5, 0.6) is 0 Å². The molecule has 72 valence electrons. The van der Waals surface area contributed by atoms with Crippen molar-refractivity contribution in [3.8, 4) is 0 Å². The van der Waals surface area contributed by atoms with Crippen LogP contribution in [0.3, 0.4) is 0 Å². The zero-order valence-corrected chi connectivity index (χ0v) is 7.43. The molecular weight excluding hydrogens is 184 g/mol. The number of allylic oxidation sites excluding steroid dienone is 1. The van der Waals surface area contributed by atoms with Gasteiger partial charge >= 0.3 is 0 Å². The van der Waals surface area contributed by atoms with Crippen molar-refractivity contribution in [3.63, 3.8) is 0 Å². The maximum atomic E-state index is 13.4. The van der Waals surface area contributed by atoms with Gasteiger partial charge in [0.25, 0.3) is 5.92 Å². The van der Waals surface area contributed by atoms with E-state index in [9.17, 15) is 8.78 Å². The second-order valence-electron chi connectivity index (χ2n) is 3.07. The van der Waals surface area contributed by atoms with E-state index in [2.05, 4.69) is 11.6 Å². The molecule has 0 atom stereocenters. The molecule has 1 heterocycles. The second kappa shape index (κ2) is 2.94. The van der Waals surface area contributed by atoms with E-state index in [1.807, 2.05) is 0 Å². The Balaban J connectivity index is 2.73. The summed E-state index contributed by atoms with van der Waals surface area (Å²) in [4.78, 5) is 2.89. The minimum Gasteiger partial charge on any atom is -0.361 e. The highest BCUT2D eigenvalue weighted by Crippen LogP contribution is 2.33. The van der Waals surface area contributed by atoms with Crippen molar-refractivity contribution in [2.75, 3.05) is 0 Å². The molecule has 0 aliphatic heterocycles. The van der Waals surface area contributed by atoms with Gasteiger partial charge in [0, 0.05) is 22.7 Å². The summed E-state index contributed by atoms with van der Waals surface area (Å²) >= 11 is 0. The predicted molar refractivity (Wildman–Crippen MR) is 52.4 cm³/mol. The highest BCUT2D eigenvalue weighted by atomic mass is 19.3. The van der Waals surface area contributed by atoms with E-state index in [1.54, 1.807) is 24.4 Å². The van der Waals surface area contributed by atoms with Crippen LogP contribution in [0, 0.1) is 0 Å². The first-order chi connectivity index (χ1) is 6.65. The van der Waals surface area contributed by atoms with Crippen LogP contribution in [0.25, 0.3) is 10.9 Å². The van der Waals surface area contributed by atoms with Gasteiger partial charge in [-0.3, -0.25) is 0 Å². The highest BCUT2D eigenvalue weighted by molar-refractivity contribution is 5.83. The molecule has 0 aliphatic carbocycles. The smallest absolute Gasteiger partial charge is 0.292 e. The van der Waals surface area contributed by atoms with Crippen LogP contribution in [-0.2, 0) is 5.92 Å². The summed E-state index contributed by atoms with van der Waals surface area (Å²) in [5, 5.41) is 0.539. The lowest BCUT2D eigenvalue weighted by Gasteiger charge is -2.12. The van der Waals surface area contributed by atoms with Gasteiger partial charge in [-0.15, -0.1) is 0 Å². The summed E-state index contributed by atoms with van der Waals surface area (Å²) < 4.78 is 26.7. The van der Waals surface area contributed by atoms with E-state index in [4.69, 9.17) is 0 Å². The number of alkyl halides is 2. The number of fused-ring (bicyclic) bond motifs is 1. The monoisotopic (exact) mass is 193 g/mol. The van der Waals surface area contributed by atoms with Crippen molar-refractivity contribution >= 4 is 10.9 Å². The molecule has 0 saturated carbocycles. The van der Waals surface area contributed by atoms with Gasteiger partial charge < -0.3 is 4.98 Å². The number of benzene rings is 1. The first-order valence-electron chi connectivity index (χ1n) is 4.23. The van der Waals surface area contributed by atoms with Crippen molar-refractivity contribution in [1.82, 2.24) is 4.98 Å². The van der Waals surface area contributed by atoms with Gasteiger partial charge in [-0.25, -0.2) is 0 Å². The number of halogens is 2. The van der Waals surface area contributed by atoms with Gasteiger partial charge in [0.05, 0.1) is 0 Å². The predicted octanol–water partition coefficient (Wildman–Crippen LogP) is 3.45. The molecule has 1 N–H and O–H groups in total. The van der Waals surface area contributed by atoms with E-state index >= 15 is 0 Å². The van der Waals surface area contributed by atoms with Crippen molar-refractivity contribution in [2.24, 2.45) is 0 Å². The number of hydrogen-bond donors (Lipinski definition) is 1. The van der Waals surface area contributed by atoms with Gasteiger partial charge in [-0.1, -0.05) is 18.7 Å². The van der Waals surface area contributed by atoms with Gasteiger partial charge in [0.15, 0.2) is 0 Å². The maximum Gasteiger partial charge on any atom is 0.292 e. The Morgan fingerprint density at radius 1 is 1.29 bits per heavy atom. The van der Waals surface area contributed by atoms with E-state index in [0.717, 1.165) is 0 Å². The zero-order valence-electron chi connectivity index (χ0n) is 7.43. The van der Waals surface area contributed by atoms with Crippen LogP contribution in [0.15, 0.2) is 43.1 Å². The van der Waals surface area contributed by atoms with Crippen LogP contribution >= 0.6 is 0 Å². The van der Waals surface area contributed by atoms with Gasteiger partial charge in [-0.05, 0) is 18.2 Å². The lowest BCUT2D eigenvalue weighted by Crippen LogP contribution is -2.08. The molecule has 0 spiro atoms. The van der Waals surface area contributed by atoms with Crippen LogP contribution in [0.2, 0.25) is 0 Å². The number of hydrogen-bond acceptors (Lipinski definition) is 0. The molecule has 14 heavy (non-hydrogen) atoms. The SMILES string of the molecule is C=CC(F)(F)c1cccc2[nH]ccc12. The Hall–Kier alpha value is -1.64. The fourth-order valence-corrected chi connectivity index (χ4v) is 1.49. The zero-order chi connectivity index (χ0) is 10.2. The Bertz CT molecular complexity index is 471. The van der Waals surface area contributed by atoms with Crippen LogP contribution in [0.1, 0.15) is 5.56 Å². The highest BCUT2D eigenvalue weighted by Gasteiger charge is 2.28. The Labute approximate surface area is 80.1 Å². The molecule has 0 aliphatic rings. The Kier molecular flexibility index (Phi) is 1.88. The van der Waals surface area contributed by atoms with Gasteiger partial charge in [-0.2, -0.15) is 8.78 Å². The van der Waals surface area contributed by atoms with Crippen molar-refractivity contribution in [2.45, 2.75) is 5.92 Å². The summed E-state index contributed by atoms with van der Waals surface area (Å²) in [6, 6.07) is 6.42. The van der Waals surface area contributed by atoms with Crippen LogP contribution in [-0.4, -0.2) is 4.98 Å². The summed E-state index contributed by atoms with van der Waals surface area (Å²) in [5.74, 6) is -2.97. The molecule has 0 saturated heterocycles. The summed E-state index contributed by atoms with van der Waals surface area (Å²) in [6.07, 6.45) is 2.31. The molecular formula is C11H9F2N. The molecule has 1 aromatic carbocycles. The fourth-order valence-electron chi connectivity index (χ4n) is 1.49. The summed E-state index contributed by atoms with van der Waals surface area (Å²) in [7, 11) is 0. The average Bonchev–Trinajstić information content (AvgIpc) is 2.64. The molecule has 1 aromatic heterocycles. The Morgan fingerprint density at radius 2 is 2.07 bits per heavy atom. The fraction of sp³-hybridized carbons (Fsp3) is 0.0909. The third kappa shape index (κ3) is 1.21. The number of rotatable bonds is 2. The number of aromatic amines is 1. The lowest BCUT2D eigenvalue weighted by molar-refractivity contribution is 0.0542. The first-order valence-corrected chi connectivity index (χ1v) is 4.23. The van der Waals surface area contributed by atoms with Crippen LogP contribution < -0.4 is 0 Å². The molecule has 0 bridgehead atoms. The third-order valence-corrected chi connectivity index (χ3v) is 2.21. The average molecular weight is 193 g/mol. The van der Waals surface area contributed by atoms with E-state index < -0.39 is 5.92 Å². The van der Waals surface area contributed by atoms with Crippen LogP contribution in [0.4, 0.5) is 8.78 Å². The maximum absolute atomic E-state index is 13.4. The second-order valence-corrected chi connectivity index (χ2v) is 3.07. The van der Waals surface area contributed by atoms with E-state index in [0.29, 0.717) is 17.0 Å². The molecule has 2 aromatic rings. The molecule has 0 unspecified atom stereocenters. The topological polar surface area (TPSA) is 15.8 Å². The molecule has 2 rings (SSSR count). The third-order valence-electron chi connectivity index (χ3n) is 2.21. The Morgan fingerprint density at radius 3 is 2.79 bits per heavy atom. The quantitative estimate of drug-likeness (QED) is 0.703. The lowest BCUT2D eigenvalue weighted by atomic mass is 10.0. The van der Waals surface area contributed by atoms with Gasteiger partial charge in [0.1, 0.15) is 0 Å². The van der Waals surface area contributed by atoms with E-state index in [-0.39, 0.29) is 5.56 Å². The standard InChI is InChI=1S/C11H9F2N/c1-2-11(12,13)9-4-3-5-10-8(9)6-7-14-10/h2-7,14H,1H2. The summed E-state index contributed by atoms with van der Waals surface area (Å²) in [5.41, 5.74) is 0.704. The van der Waals surface area contributed by atoms with Crippen molar-refractivity contribution in [1.29, 1.82) is 0 Å².